The summed E-state index contributed by atoms with van der Waals surface area (Å²) in [5.74, 6) is 1.23. The van der Waals surface area contributed by atoms with E-state index in [9.17, 15) is 0 Å². The monoisotopic (exact) mass is 268 g/mol. The molecule has 108 valence electrons. The van der Waals surface area contributed by atoms with Crippen molar-refractivity contribution < 1.29 is 14.6 Å². The molecule has 0 fully saturated rings. The van der Waals surface area contributed by atoms with Gasteiger partial charge in [0.15, 0.2) is 11.5 Å². The Balaban J connectivity index is 3.06. The summed E-state index contributed by atoms with van der Waals surface area (Å²) in [6.45, 7) is 4.25. The molecule has 0 bridgehead atoms. The number of benzene rings is 1. The molecule has 0 saturated heterocycles. The number of rotatable bonds is 7. The topological polar surface area (TPSA) is 76.7 Å². The Morgan fingerprint density at radius 2 is 1.84 bits per heavy atom. The van der Waals surface area contributed by atoms with Gasteiger partial charge >= 0.3 is 0 Å². The predicted molar refractivity (Wildman–Crippen MR) is 78.0 cm³/mol. The summed E-state index contributed by atoms with van der Waals surface area (Å²) < 4.78 is 10.5. The quantitative estimate of drug-likeness (QED) is 0.661. The summed E-state index contributed by atoms with van der Waals surface area (Å²) in [6, 6.07) is 3.55. The van der Waals surface area contributed by atoms with Crippen LogP contribution in [0, 0.1) is 0 Å². The van der Waals surface area contributed by atoms with E-state index in [2.05, 4.69) is 19.2 Å². The molecule has 0 spiro atoms. The Morgan fingerprint density at radius 3 is 2.32 bits per heavy atom. The van der Waals surface area contributed by atoms with Crippen molar-refractivity contribution in [1.82, 2.24) is 0 Å². The van der Waals surface area contributed by atoms with Gasteiger partial charge in [0.1, 0.15) is 0 Å². The highest BCUT2D eigenvalue weighted by atomic mass is 16.5. The molecule has 0 heterocycles. The van der Waals surface area contributed by atoms with Gasteiger partial charge in [-0.15, -0.1) is 0 Å². The molecule has 1 unspecified atom stereocenters. The molecular formula is C14H24N2O3. The number of ether oxygens (including phenoxy) is 2. The lowest BCUT2D eigenvalue weighted by molar-refractivity contribution is 0.252. The molecule has 5 nitrogen and oxygen atoms in total. The molecule has 1 aromatic carbocycles. The van der Waals surface area contributed by atoms with E-state index in [-0.39, 0.29) is 12.1 Å². The van der Waals surface area contributed by atoms with E-state index in [4.69, 9.17) is 20.3 Å². The minimum absolute atomic E-state index is 0.129. The molecule has 0 aliphatic carbocycles. The minimum Gasteiger partial charge on any atom is -0.493 e. The van der Waals surface area contributed by atoms with E-state index in [0.29, 0.717) is 23.6 Å². The van der Waals surface area contributed by atoms with Crippen LogP contribution in [0.3, 0.4) is 0 Å². The standard InChI is InChI=1S/C14H24N2O3/c1-5-14(2,6-7-17)16-11-9-13(19-4)12(18-3)8-10(11)15/h8-9,16-17H,5-7,15H2,1-4H3. The van der Waals surface area contributed by atoms with E-state index in [0.717, 1.165) is 12.1 Å². The summed E-state index contributed by atoms with van der Waals surface area (Å²) in [7, 11) is 3.16. The number of methoxy groups -OCH3 is 2. The van der Waals surface area contributed by atoms with Gasteiger partial charge < -0.3 is 25.6 Å². The third kappa shape index (κ3) is 3.67. The van der Waals surface area contributed by atoms with Crippen LogP contribution < -0.4 is 20.5 Å². The maximum atomic E-state index is 9.15. The van der Waals surface area contributed by atoms with Crippen LogP contribution in [0.1, 0.15) is 26.7 Å². The van der Waals surface area contributed by atoms with Crippen molar-refractivity contribution in [3.8, 4) is 11.5 Å². The average Bonchev–Trinajstić information content (AvgIpc) is 2.40. The summed E-state index contributed by atoms with van der Waals surface area (Å²) in [4.78, 5) is 0. The van der Waals surface area contributed by atoms with Crippen LogP contribution in [0.25, 0.3) is 0 Å². The van der Waals surface area contributed by atoms with Crippen LogP contribution in [0.4, 0.5) is 11.4 Å². The third-order valence-electron chi connectivity index (χ3n) is 3.44. The van der Waals surface area contributed by atoms with Gasteiger partial charge in [-0.2, -0.15) is 0 Å². The number of hydrogen-bond donors (Lipinski definition) is 3. The third-order valence-corrected chi connectivity index (χ3v) is 3.44. The van der Waals surface area contributed by atoms with Crippen molar-refractivity contribution in [3.63, 3.8) is 0 Å². The number of aliphatic hydroxyl groups is 1. The SMILES string of the molecule is CCC(C)(CCO)Nc1cc(OC)c(OC)cc1N. The maximum Gasteiger partial charge on any atom is 0.162 e. The average molecular weight is 268 g/mol. The van der Waals surface area contributed by atoms with Crippen LogP contribution in [0.2, 0.25) is 0 Å². The van der Waals surface area contributed by atoms with Crippen molar-refractivity contribution in [2.45, 2.75) is 32.2 Å². The predicted octanol–water partition coefficient (Wildman–Crippen LogP) is 2.25. The first kappa shape index (κ1) is 15.4. The van der Waals surface area contributed by atoms with Gasteiger partial charge in [0.25, 0.3) is 0 Å². The zero-order valence-corrected chi connectivity index (χ0v) is 12.1. The fraction of sp³-hybridized carbons (Fsp3) is 0.571. The first-order valence-corrected chi connectivity index (χ1v) is 6.40. The lowest BCUT2D eigenvalue weighted by atomic mass is 9.94. The fourth-order valence-electron chi connectivity index (χ4n) is 1.90. The van der Waals surface area contributed by atoms with Crippen molar-refractivity contribution >= 4 is 11.4 Å². The largest absolute Gasteiger partial charge is 0.493 e. The zero-order valence-electron chi connectivity index (χ0n) is 12.1. The minimum atomic E-state index is -0.206. The summed E-state index contributed by atoms with van der Waals surface area (Å²) in [5.41, 5.74) is 7.19. The highest BCUT2D eigenvalue weighted by molar-refractivity contribution is 5.72. The van der Waals surface area contributed by atoms with Gasteiger partial charge in [-0.25, -0.2) is 0 Å². The lowest BCUT2D eigenvalue weighted by Gasteiger charge is -2.31. The highest BCUT2D eigenvalue weighted by Gasteiger charge is 2.22. The van der Waals surface area contributed by atoms with Crippen molar-refractivity contribution in [2.24, 2.45) is 0 Å². The van der Waals surface area contributed by atoms with Gasteiger partial charge in [-0.05, 0) is 19.8 Å². The molecule has 0 aliphatic rings. The molecule has 0 aliphatic heterocycles. The van der Waals surface area contributed by atoms with Gasteiger partial charge in [0, 0.05) is 24.3 Å². The summed E-state index contributed by atoms with van der Waals surface area (Å²) in [5, 5.41) is 12.5. The Hall–Kier alpha value is -1.62. The number of nitrogens with one attached hydrogen (secondary N) is 1. The molecule has 0 aromatic heterocycles. The zero-order chi connectivity index (χ0) is 14.5. The first-order valence-electron chi connectivity index (χ1n) is 6.40. The lowest BCUT2D eigenvalue weighted by Crippen LogP contribution is -2.35. The Morgan fingerprint density at radius 1 is 1.26 bits per heavy atom. The number of nitrogens with two attached hydrogens (primary N) is 1. The van der Waals surface area contributed by atoms with E-state index in [1.54, 1.807) is 20.3 Å². The molecule has 1 rings (SSSR count). The molecular weight excluding hydrogens is 244 g/mol. The van der Waals surface area contributed by atoms with Gasteiger partial charge in [0.05, 0.1) is 25.6 Å². The van der Waals surface area contributed by atoms with Crippen molar-refractivity contribution in [2.75, 3.05) is 31.9 Å². The Kier molecular flexibility index (Phi) is 5.30. The fourth-order valence-corrected chi connectivity index (χ4v) is 1.90. The maximum absolute atomic E-state index is 9.15. The van der Waals surface area contributed by atoms with Crippen molar-refractivity contribution in [1.29, 1.82) is 0 Å². The molecule has 1 aromatic rings. The number of hydrogen-bond acceptors (Lipinski definition) is 5. The molecule has 4 N–H and O–H groups in total. The second-order valence-electron chi connectivity index (χ2n) is 4.81. The molecule has 5 heteroatoms. The van der Waals surface area contributed by atoms with E-state index >= 15 is 0 Å². The second kappa shape index (κ2) is 6.52. The summed E-state index contributed by atoms with van der Waals surface area (Å²) in [6.07, 6.45) is 1.53. The molecule has 0 saturated carbocycles. The molecule has 0 amide bonds. The summed E-state index contributed by atoms with van der Waals surface area (Å²) >= 11 is 0. The Bertz CT molecular complexity index is 423. The molecule has 1 atom stereocenters. The van der Waals surface area contributed by atoms with Crippen LogP contribution in [-0.4, -0.2) is 31.5 Å². The number of nitrogen functional groups attached to an aromatic ring is 1. The number of anilines is 2. The van der Waals surface area contributed by atoms with E-state index < -0.39 is 0 Å². The van der Waals surface area contributed by atoms with Crippen LogP contribution in [-0.2, 0) is 0 Å². The van der Waals surface area contributed by atoms with Gasteiger partial charge in [0.2, 0.25) is 0 Å². The highest BCUT2D eigenvalue weighted by Crippen LogP contribution is 2.36. The van der Waals surface area contributed by atoms with Gasteiger partial charge in [-0.1, -0.05) is 6.92 Å². The molecule has 0 radical (unpaired) electrons. The second-order valence-corrected chi connectivity index (χ2v) is 4.81. The van der Waals surface area contributed by atoms with E-state index in [1.165, 1.54) is 0 Å². The van der Waals surface area contributed by atoms with Crippen LogP contribution in [0.15, 0.2) is 12.1 Å². The van der Waals surface area contributed by atoms with Crippen LogP contribution in [0.5, 0.6) is 11.5 Å². The normalized spacial score (nSPS) is 13.7. The Labute approximate surface area is 114 Å². The van der Waals surface area contributed by atoms with E-state index in [1.807, 2.05) is 6.07 Å². The molecule has 19 heavy (non-hydrogen) atoms. The smallest absolute Gasteiger partial charge is 0.162 e. The van der Waals surface area contributed by atoms with Crippen molar-refractivity contribution in [3.05, 3.63) is 12.1 Å². The van der Waals surface area contributed by atoms with Crippen LogP contribution >= 0.6 is 0 Å². The van der Waals surface area contributed by atoms with Gasteiger partial charge in [-0.3, -0.25) is 0 Å². The number of aliphatic hydroxyl groups excluding tert-OH is 1. The first-order chi connectivity index (χ1) is 8.99.